The highest BCUT2D eigenvalue weighted by atomic mass is 16.3. The van der Waals surface area contributed by atoms with Crippen LogP contribution in [0.5, 0.6) is 0 Å². The van der Waals surface area contributed by atoms with Crippen molar-refractivity contribution in [2.45, 2.75) is 44.0 Å². The third-order valence-corrected chi connectivity index (χ3v) is 6.06. The van der Waals surface area contributed by atoms with E-state index < -0.39 is 6.10 Å². The van der Waals surface area contributed by atoms with Gasteiger partial charge in [0.15, 0.2) is 0 Å². The number of nitrogen functional groups attached to an aromatic ring is 1. The van der Waals surface area contributed by atoms with Crippen molar-refractivity contribution < 1.29 is 9.90 Å². The first-order valence-electron chi connectivity index (χ1n) is 11.0. The molecule has 4 N–H and O–H groups in total. The number of aliphatic hydroxyl groups is 1. The number of hydrogen-bond acceptors (Lipinski definition) is 5. The van der Waals surface area contributed by atoms with Crippen molar-refractivity contribution in [1.82, 2.24) is 15.2 Å². The fraction of sp³-hybridized carbons (Fsp3) is 0.308. The highest BCUT2D eigenvalue weighted by Gasteiger charge is 2.29. The van der Waals surface area contributed by atoms with Crippen LogP contribution in [-0.4, -0.2) is 40.0 Å². The zero-order valence-corrected chi connectivity index (χ0v) is 18.3. The molecule has 1 aliphatic heterocycles. The molecule has 1 aliphatic rings. The SMILES string of the molecule is CN(Cc1cccc(N)n1)C(=O)c1ccc(CC2CC[C@H]([C@H](O)c3ccccc3)N2)cc1. The summed E-state index contributed by atoms with van der Waals surface area (Å²) in [7, 11) is 1.77. The molecule has 1 saturated heterocycles. The minimum absolute atomic E-state index is 0.0502. The molecular weight excluding hydrogens is 400 g/mol. The highest BCUT2D eigenvalue weighted by Crippen LogP contribution is 2.26. The molecule has 3 aromatic rings. The molecule has 0 radical (unpaired) electrons. The zero-order chi connectivity index (χ0) is 22.5. The maximum absolute atomic E-state index is 12.8. The maximum atomic E-state index is 12.8. The van der Waals surface area contributed by atoms with Gasteiger partial charge in [-0.25, -0.2) is 4.98 Å². The smallest absolute Gasteiger partial charge is 0.253 e. The molecule has 6 heteroatoms. The lowest BCUT2D eigenvalue weighted by molar-refractivity contribution is 0.0783. The number of nitrogens with one attached hydrogen (secondary N) is 1. The summed E-state index contributed by atoms with van der Waals surface area (Å²) in [6.07, 6.45) is 2.34. The second kappa shape index (κ2) is 9.94. The van der Waals surface area contributed by atoms with Gasteiger partial charge in [0.25, 0.3) is 5.91 Å². The molecule has 1 fully saturated rings. The molecule has 166 valence electrons. The number of amides is 1. The van der Waals surface area contributed by atoms with Crippen LogP contribution < -0.4 is 11.1 Å². The summed E-state index contributed by atoms with van der Waals surface area (Å²) in [5.41, 5.74) is 9.26. The van der Waals surface area contributed by atoms with Gasteiger partial charge in [-0.3, -0.25) is 4.79 Å². The Bertz CT molecular complexity index is 1040. The van der Waals surface area contributed by atoms with Gasteiger partial charge in [-0.1, -0.05) is 48.5 Å². The molecule has 0 aliphatic carbocycles. The summed E-state index contributed by atoms with van der Waals surface area (Å²) in [5.74, 6) is 0.401. The first kappa shape index (κ1) is 22.0. The Morgan fingerprint density at radius 1 is 1.09 bits per heavy atom. The van der Waals surface area contributed by atoms with E-state index in [4.69, 9.17) is 5.73 Å². The molecule has 0 saturated carbocycles. The molecule has 3 atom stereocenters. The number of nitrogens with two attached hydrogens (primary N) is 1. The molecule has 6 nitrogen and oxygen atoms in total. The Morgan fingerprint density at radius 3 is 2.56 bits per heavy atom. The number of aliphatic hydroxyl groups excluding tert-OH is 1. The predicted molar refractivity (Wildman–Crippen MR) is 126 cm³/mol. The number of nitrogens with zero attached hydrogens (tertiary/aromatic N) is 2. The second-order valence-corrected chi connectivity index (χ2v) is 8.52. The summed E-state index contributed by atoms with van der Waals surface area (Å²) in [5, 5.41) is 14.2. The van der Waals surface area contributed by atoms with Gasteiger partial charge in [0.05, 0.1) is 18.3 Å². The average Bonchev–Trinajstić information content (AvgIpc) is 3.27. The normalized spacial score (nSPS) is 18.9. The Kier molecular flexibility index (Phi) is 6.83. The molecule has 1 aromatic heterocycles. The van der Waals surface area contributed by atoms with Crippen LogP contribution in [0, 0.1) is 0 Å². The molecule has 1 amide bonds. The number of anilines is 1. The Labute approximate surface area is 189 Å². The van der Waals surface area contributed by atoms with Crippen LogP contribution in [0.25, 0.3) is 0 Å². The number of hydrogen-bond donors (Lipinski definition) is 3. The van der Waals surface area contributed by atoms with Crippen LogP contribution in [0.15, 0.2) is 72.8 Å². The predicted octanol–water partition coefficient (Wildman–Crippen LogP) is 3.33. The second-order valence-electron chi connectivity index (χ2n) is 8.52. The number of carbonyl (C=O) groups is 1. The van der Waals surface area contributed by atoms with Crippen LogP contribution in [0.3, 0.4) is 0 Å². The van der Waals surface area contributed by atoms with Crippen molar-refractivity contribution in [3.05, 3.63) is 95.2 Å². The minimum atomic E-state index is -0.494. The summed E-state index contributed by atoms with van der Waals surface area (Å²) in [6, 6.07) is 23.4. The summed E-state index contributed by atoms with van der Waals surface area (Å²) < 4.78 is 0. The van der Waals surface area contributed by atoms with Crippen LogP contribution >= 0.6 is 0 Å². The van der Waals surface area contributed by atoms with Gasteiger partial charge < -0.3 is 21.1 Å². The van der Waals surface area contributed by atoms with Gasteiger partial charge in [-0.15, -0.1) is 0 Å². The van der Waals surface area contributed by atoms with E-state index in [1.165, 1.54) is 5.56 Å². The number of carbonyl (C=O) groups excluding carboxylic acids is 1. The van der Waals surface area contributed by atoms with E-state index in [1.54, 1.807) is 18.0 Å². The van der Waals surface area contributed by atoms with Crippen molar-refractivity contribution in [3.63, 3.8) is 0 Å². The van der Waals surface area contributed by atoms with E-state index in [1.807, 2.05) is 66.7 Å². The van der Waals surface area contributed by atoms with Crippen LogP contribution in [0.2, 0.25) is 0 Å². The van der Waals surface area contributed by atoms with Gasteiger partial charge in [0, 0.05) is 24.7 Å². The maximum Gasteiger partial charge on any atom is 0.253 e. The van der Waals surface area contributed by atoms with Gasteiger partial charge >= 0.3 is 0 Å². The Balaban J connectivity index is 1.31. The largest absolute Gasteiger partial charge is 0.387 e. The van der Waals surface area contributed by atoms with Crippen molar-refractivity contribution in [1.29, 1.82) is 0 Å². The highest BCUT2D eigenvalue weighted by molar-refractivity contribution is 5.94. The lowest BCUT2D eigenvalue weighted by atomic mass is 10.0. The monoisotopic (exact) mass is 430 g/mol. The molecule has 0 bridgehead atoms. The van der Waals surface area contributed by atoms with Gasteiger partial charge in [0.2, 0.25) is 0 Å². The zero-order valence-electron chi connectivity index (χ0n) is 18.3. The van der Waals surface area contributed by atoms with E-state index in [0.717, 1.165) is 30.5 Å². The minimum Gasteiger partial charge on any atom is -0.387 e. The third kappa shape index (κ3) is 5.33. The molecule has 4 rings (SSSR count). The van der Waals surface area contributed by atoms with E-state index >= 15 is 0 Å². The molecule has 2 aromatic carbocycles. The summed E-state index contributed by atoms with van der Waals surface area (Å²) >= 11 is 0. The average molecular weight is 431 g/mol. The van der Waals surface area contributed by atoms with E-state index in [2.05, 4.69) is 10.3 Å². The van der Waals surface area contributed by atoms with Crippen molar-refractivity contribution >= 4 is 11.7 Å². The first-order valence-corrected chi connectivity index (χ1v) is 11.0. The first-order chi connectivity index (χ1) is 15.5. The molecular formula is C26H30N4O2. The third-order valence-electron chi connectivity index (χ3n) is 6.06. The standard InChI is InChI=1S/C26H30N4O2/c1-30(17-22-8-5-9-24(27)29-22)26(32)20-12-10-18(11-13-20)16-21-14-15-23(28-21)25(31)19-6-3-2-4-7-19/h2-13,21,23,25,28,31H,14-17H2,1H3,(H2,27,29)/t21?,23-,25-/m1/s1. The van der Waals surface area contributed by atoms with Crippen LogP contribution in [0.1, 0.15) is 46.1 Å². The van der Waals surface area contributed by atoms with Crippen molar-refractivity contribution in [2.24, 2.45) is 0 Å². The topological polar surface area (TPSA) is 91.5 Å². The van der Waals surface area contributed by atoms with Crippen molar-refractivity contribution in [2.75, 3.05) is 12.8 Å². The Hall–Kier alpha value is -3.22. The van der Waals surface area contributed by atoms with Gasteiger partial charge in [-0.05, 0) is 54.7 Å². The lowest BCUT2D eigenvalue weighted by Crippen LogP contribution is -2.35. The lowest BCUT2D eigenvalue weighted by Gasteiger charge is -2.20. The van der Waals surface area contributed by atoms with Crippen LogP contribution in [0.4, 0.5) is 5.82 Å². The van der Waals surface area contributed by atoms with Gasteiger partial charge in [-0.2, -0.15) is 0 Å². The van der Waals surface area contributed by atoms with E-state index in [-0.39, 0.29) is 11.9 Å². The summed E-state index contributed by atoms with van der Waals surface area (Å²) in [4.78, 5) is 18.7. The molecule has 1 unspecified atom stereocenters. The molecule has 0 spiro atoms. The van der Waals surface area contributed by atoms with Crippen molar-refractivity contribution in [3.8, 4) is 0 Å². The van der Waals surface area contributed by atoms with E-state index in [9.17, 15) is 9.90 Å². The van der Waals surface area contributed by atoms with Crippen LogP contribution in [-0.2, 0) is 13.0 Å². The number of aromatic nitrogens is 1. The number of pyridine rings is 1. The fourth-order valence-electron chi connectivity index (χ4n) is 4.33. The molecule has 32 heavy (non-hydrogen) atoms. The summed E-state index contributed by atoms with van der Waals surface area (Å²) in [6.45, 7) is 0.406. The molecule has 2 heterocycles. The van der Waals surface area contributed by atoms with E-state index in [0.29, 0.717) is 24.0 Å². The number of rotatable bonds is 7. The fourth-order valence-corrected chi connectivity index (χ4v) is 4.33. The number of benzene rings is 2. The van der Waals surface area contributed by atoms with Gasteiger partial charge in [0.1, 0.15) is 5.82 Å². The Morgan fingerprint density at radius 2 is 1.84 bits per heavy atom. The quantitative estimate of drug-likeness (QED) is 0.535.